The lowest BCUT2D eigenvalue weighted by Gasteiger charge is -2.04. The van der Waals surface area contributed by atoms with Crippen LogP contribution in [0.25, 0.3) is 0 Å². The van der Waals surface area contributed by atoms with Gasteiger partial charge < -0.3 is 0 Å². The van der Waals surface area contributed by atoms with Crippen molar-refractivity contribution in [3.8, 4) is 0 Å². The molecular weight excluding hydrogens is 292 g/mol. The summed E-state index contributed by atoms with van der Waals surface area (Å²) >= 11 is 5.63. The molecule has 6 nitrogen and oxygen atoms in total. The molecule has 1 aromatic rings. The van der Waals surface area contributed by atoms with E-state index in [1.165, 1.54) is 24.3 Å². The smallest absolute Gasteiger partial charge is 0.264 e. The Morgan fingerprint density at radius 3 is 2.41 bits per heavy atom. The largest absolute Gasteiger partial charge is 0.397 e. The molecule has 0 amide bonds. The number of benzene rings is 1. The van der Waals surface area contributed by atoms with Crippen LogP contribution in [0, 0.1) is 0 Å². The summed E-state index contributed by atoms with van der Waals surface area (Å²) in [5.74, 6) is -0.576. The second-order valence-corrected chi connectivity index (χ2v) is 6.66. The molecule has 0 radical (unpaired) electrons. The summed E-state index contributed by atoms with van der Waals surface area (Å²) in [6.07, 6.45) is 0. The van der Waals surface area contributed by atoms with Gasteiger partial charge in [-0.15, -0.1) is 0 Å². The maximum Gasteiger partial charge on any atom is 0.397 e. The first kappa shape index (κ1) is 14.4. The molecule has 0 aliphatic carbocycles. The van der Waals surface area contributed by atoms with Crippen LogP contribution in [-0.4, -0.2) is 33.7 Å². The molecule has 17 heavy (non-hydrogen) atoms. The molecule has 9 heteroatoms. The number of hydrogen-bond donors (Lipinski definition) is 1. The molecule has 96 valence electrons. The zero-order chi connectivity index (χ0) is 13.1. The van der Waals surface area contributed by atoms with E-state index in [2.05, 4.69) is 4.18 Å². The van der Waals surface area contributed by atoms with Gasteiger partial charge in [-0.05, 0) is 18.2 Å². The minimum Gasteiger partial charge on any atom is -0.264 e. The van der Waals surface area contributed by atoms with Crippen LogP contribution in [0.3, 0.4) is 0 Å². The first-order valence-corrected chi connectivity index (χ1v) is 7.70. The Balaban J connectivity index is 2.77. The van der Waals surface area contributed by atoms with Crippen LogP contribution >= 0.6 is 11.6 Å². The van der Waals surface area contributed by atoms with Crippen LogP contribution in [0.5, 0.6) is 0 Å². The van der Waals surface area contributed by atoms with Crippen molar-refractivity contribution in [2.75, 3.05) is 12.4 Å². The summed E-state index contributed by atoms with van der Waals surface area (Å²) in [6, 6.07) is 5.53. The summed E-state index contributed by atoms with van der Waals surface area (Å²) in [5, 5.41) is 0.252. The molecule has 0 bridgehead atoms. The van der Waals surface area contributed by atoms with Gasteiger partial charge in [0.05, 0.1) is 17.3 Å². The van der Waals surface area contributed by atoms with Crippen LogP contribution in [0.4, 0.5) is 0 Å². The summed E-state index contributed by atoms with van der Waals surface area (Å²) in [7, 11) is -8.32. The quantitative estimate of drug-likeness (QED) is 0.812. The minimum atomic E-state index is -4.63. The van der Waals surface area contributed by atoms with Gasteiger partial charge in [0.15, 0.2) is 9.84 Å². The third-order valence-corrected chi connectivity index (χ3v) is 4.12. The molecule has 0 aliphatic heterocycles. The Hall–Kier alpha value is -0.670. The Morgan fingerprint density at radius 1 is 1.24 bits per heavy atom. The molecule has 0 unspecified atom stereocenters. The fourth-order valence-corrected chi connectivity index (χ4v) is 2.81. The van der Waals surface area contributed by atoms with Gasteiger partial charge in [-0.3, -0.25) is 4.55 Å². The molecule has 1 rings (SSSR count). The van der Waals surface area contributed by atoms with Gasteiger partial charge in [0.2, 0.25) is 0 Å². The second kappa shape index (κ2) is 5.32. The van der Waals surface area contributed by atoms with Gasteiger partial charge >= 0.3 is 10.4 Å². The van der Waals surface area contributed by atoms with E-state index in [0.717, 1.165) is 0 Å². The summed E-state index contributed by atoms with van der Waals surface area (Å²) in [5.41, 5.74) is 0. The van der Waals surface area contributed by atoms with Crippen molar-refractivity contribution in [2.45, 2.75) is 4.90 Å². The third-order valence-electron chi connectivity index (χ3n) is 1.74. The van der Waals surface area contributed by atoms with E-state index in [9.17, 15) is 16.8 Å². The molecule has 1 aromatic carbocycles. The lowest BCUT2D eigenvalue weighted by molar-refractivity contribution is 0.284. The molecule has 1 N–H and O–H groups in total. The van der Waals surface area contributed by atoms with Crippen LogP contribution < -0.4 is 0 Å². The molecule has 0 heterocycles. The highest BCUT2D eigenvalue weighted by Gasteiger charge is 2.16. The van der Waals surface area contributed by atoms with E-state index in [4.69, 9.17) is 16.2 Å². The summed E-state index contributed by atoms with van der Waals surface area (Å²) in [4.78, 5) is -0.0380. The maximum absolute atomic E-state index is 11.7. The van der Waals surface area contributed by atoms with Gasteiger partial charge in [-0.2, -0.15) is 8.42 Å². The van der Waals surface area contributed by atoms with Crippen LogP contribution in [0.15, 0.2) is 29.2 Å². The summed E-state index contributed by atoms with van der Waals surface area (Å²) < 4.78 is 56.0. The average Bonchev–Trinajstić information content (AvgIpc) is 2.15. The molecule has 0 aliphatic rings. The monoisotopic (exact) mass is 300 g/mol. The number of hydrogen-bond acceptors (Lipinski definition) is 5. The van der Waals surface area contributed by atoms with E-state index in [0.29, 0.717) is 0 Å². The van der Waals surface area contributed by atoms with Gasteiger partial charge in [-0.1, -0.05) is 17.7 Å². The lowest BCUT2D eigenvalue weighted by Crippen LogP contribution is -2.15. The SMILES string of the molecule is O=S(=O)(O)OCCS(=O)(=O)c1cccc(Cl)c1. The van der Waals surface area contributed by atoms with Gasteiger partial charge in [-0.25, -0.2) is 12.6 Å². The number of rotatable bonds is 5. The van der Waals surface area contributed by atoms with Crippen molar-refractivity contribution in [1.82, 2.24) is 0 Å². The van der Waals surface area contributed by atoms with Crippen molar-refractivity contribution in [3.63, 3.8) is 0 Å². The Morgan fingerprint density at radius 2 is 1.88 bits per heavy atom. The normalized spacial score (nSPS) is 12.6. The number of halogens is 1. The van der Waals surface area contributed by atoms with Crippen molar-refractivity contribution in [1.29, 1.82) is 0 Å². The first-order valence-electron chi connectivity index (χ1n) is 4.31. The standard InChI is InChI=1S/C8H9ClO6S2/c9-7-2-1-3-8(6-7)16(10,11)5-4-15-17(12,13)14/h1-3,6H,4-5H2,(H,12,13,14). The predicted octanol–water partition coefficient (Wildman–Crippen LogP) is 0.933. The van der Waals surface area contributed by atoms with Crippen molar-refractivity contribution in [2.24, 2.45) is 0 Å². The molecule has 0 fully saturated rings. The van der Waals surface area contributed by atoms with E-state index in [1.807, 2.05) is 0 Å². The molecule has 0 aromatic heterocycles. The molecule has 0 saturated heterocycles. The zero-order valence-electron chi connectivity index (χ0n) is 8.41. The molecular formula is C8H9ClO6S2. The van der Waals surface area contributed by atoms with E-state index >= 15 is 0 Å². The van der Waals surface area contributed by atoms with E-state index in [-0.39, 0.29) is 9.92 Å². The fourth-order valence-electron chi connectivity index (χ4n) is 1.03. The molecule has 0 saturated carbocycles. The van der Waals surface area contributed by atoms with Crippen LogP contribution in [0.2, 0.25) is 5.02 Å². The highest BCUT2D eigenvalue weighted by Crippen LogP contribution is 2.16. The molecule has 0 atom stereocenters. The highest BCUT2D eigenvalue weighted by atomic mass is 35.5. The zero-order valence-corrected chi connectivity index (χ0v) is 10.8. The van der Waals surface area contributed by atoms with Crippen molar-refractivity contribution < 1.29 is 25.6 Å². The van der Waals surface area contributed by atoms with Crippen LogP contribution in [0.1, 0.15) is 0 Å². The fraction of sp³-hybridized carbons (Fsp3) is 0.250. The topological polar surface area (TPSA) is 97.7 Å². The molecule has 0 spiro atoms. The van der Waals surface area contributed by atoms with Gasteiger partial charge in [0, 0.05) is 5.02 Å². The van der Waals surface area contributed by atoms with Crippen molar-refractivity contribution in [3.05, 3.63) is 29.3 Å². The maximum atomic E-state index is 11.7. The first-order chi connectivity index (χ1) is 7.71. The second-order valence-electron chi connectivity index (χ2n) is 3.03. The Bertz CT molecular complexity index is 592. The van der Waals surface area contributed by atoms with Crippen LogP contribution in [-0.2, 0) is 24.4 Å². The number of sulfone groups is 1. The third kappa shape index (κ3) is 5.00. The predicted molar refractivity (Wildman–Crippen MR) is 61.0 cm³/mol. The summed E-state index contributed by atoms with van der Waals surface area (Å²) in [6.45, 7) is -0.659. The van der Waals surface area contributed by atoms with Crippen molar-refractivity contribution >= 4 is 31.8 Å². The minimum absolute atomic E-state index is 0.0380. The van der Waals surface area contributed by atoms with Gasteiger partial charge in [0.1, 0.15) is 0 Å². The van der Waals surface area contributed by atoms with E-state index in [1.54, 1.807) is 0 Å². The lowest BCUT2D eigenvalue weighted by atomic mass is 10.4. The highest BCUT2D eigenvalue weighted by molar-refractivity contribution is 7.91. The van der Waals surface area contributed by atoms with Gasteiger partial charge in [0.25, 0.3) is 0 Å². The Labute approximate surface area is 104 Å². The van der Waals surface area contributed by atoms with E-state index < -0.39 is 32.6 Å². The Kier molecular flexibility index (Phi) is 4.50. The average molecular weight is 301 g/mol.